The number of fused-ring (bicyclic) bond motifs is 1. The molecule has 1 fully saturated rings. The molecule has 0 bridgehead atoms. The van der Waals surface area contributed by atoms with Crippen molar-refractivity contribution in [2.45, 2.75) is 26.4 Å². The average molecular weight is 397 g/mol. The molecule has 0 radical (unpaired) electrons. The molecule has 1 aliphatic heterocycles. The molecule has 28 heavy (non-hydrogen) atoms. The molecule has 1 amide bonds. The van der Waals surface area contributed by atoms with Crippen molar-refractivity contribution in [1.82, 2.24) is 9.88 Å². The van der Waals surface area contributed by atoms with Crippen LogP contribution in [0.5, 0.6) is 5.75 Å². The summed E-state index contributed by atoms with van der Waals surface area (Å²) >= 11 is 1.72. The molecule has 1 saturated heterocycles. The lowest BCUT2D eigenvalue weighted by Gasteiger charge is -2.32. The van der Waals surface area contributed by atoms with E-state index >= 15 is 0 Å². The zero-order chi connectivity index (χ0) is 19.5. The Labute approximate surface area is 168 Å². The predicted octanol–water partition coefficient (Wildman–Crippen LogP) is 3.76. The minimum absolute atomic E-state index is 0.123. The minimum Gasteiger partial charge on any atom is -0.489 e. The third kappa shape index (κ3) is 4.18. The molecule has 3 heterocycles. The van der Waals surface area contributed by atoms with E-state index in [1.54, 1.807) is 17.5 Å². The molecule has 1 atom stereocenters. The number of carbonyl (C=O) groups is 1. The van der Waals surface area contributed by atoms with E-state index in [2.05, 4.69) is 24.0 Å². The van der Waals surface area contributed by atoms with Gasteiger partial charge in [-0.05, 0) is 43.0 Å². The van der Waals surface area contributed by atoms with Gasteiger partial charge < -0.3 is 14.4 Å². The van der Waals surface area contributed by atoms with Gasteiger partial charge in [0.25, 0.3) is 0 Å². The molecular weight excluding hydrogens is 372 g/mol. The first kappa shape index (κ1) is 18.9. The standard InChI is InChI=1S/C22H24N2O3S/c1-15-7-8-17(12-23-15)27-14-18-13-24(9-10-26-18)22(25)11-21-16(2)19-5-3-4-6-20(19)28-21/h3-8,12,18H,9-11,13-14H2,1-2H3. The van der Waals surface area contributed by atoms with E-state index in [4.69, 9.17) is 9.47 Å². The summed E-state index contributed by atoms with van der Waals surface area (Å²) in [4.78, 5) is 20.2. The van der Waals surface area contributed by atoms with Crippen molar-refractivity contribution in [1.29, 1.82) is 0 Å². The van der Waals surface area contributed by atoms with Crippen LogP contribution in [0.1, 0.15) is 16.1 Å². The maximum absolute atomic E-state index is 12.9. The minimum atomic E-state index is -0.123. The number of ether oxygens (including phenoxy) is 2. The Kier molecular flexibility index (Phi) is 5.59. The number of pyridine rings is 1. The molecule has 0 N–H and O–H groups in total. The summed E-state index contributed by atoms with van der Waals surface area (Å²) < 4.78 is 12.8. The Hall–Kier alpha value is -2.44. The smallest absolute Gasteiger partial charge is 0.228 e. The molecule has 1 aliphatic rings. The monoisotopic (exact) mass is 396 g/mol. The lowest BCUT2D eigenvalue weighted by Crippen LogP contribution is -2.48. The molecule has 6 heteroatoms. The first-order valence-electron chi connectivity index (χ1n) is 9.52. The number of nitrogens with zero attached hydrogens (tertiary/aromatic N) is 2. The molecule has 1 unspecified atom stereocenters. The molecule has 4 rings (SSSR count). The second-order valence-electron chi connectivity index (χ2n) is 7.10. The quantitative estimate of drug-likeness (QED) is 0.659. The van der Waals surface area contributed by atoms with Gasteiger partial charge in [0.1, 0.15) is 18.5 Å². The summed E-state index contributed by atoms with van der Waals surface area (Å²) in [5, 5.41) is 1.25. The summed E-state index contributed by atoms with van der Waals surface area (Å²) in [6.45, 7) is 6.18. The molecule has 2 aromatic heterocycles. The van der Waals surface area contributed by atoms with E-state index < -0.39 is 0 Å². The molecule has 5 nitrogen and oxygen atoms in total. The van der Waals surface area contributed by atoms with Crippen molar-refractivity contribution >= 4 is 27.3 Å². The van der Waals surface area contributed by atoms with E-state index in [1.807, 2.05) is 36.1 Å². The van der Waals surface area contributed by atoms with Crippen molar-refractivity contribution in [3.05, 3.63) is 58.7 Å². The Morgan fingerprint density at radius 1 is 1.29 bits per heavy atom. The van der Waals surface area contributed by atoms with Crippen LogP contribution in [0.15, 0.2) is 42.6 Å². The lowest BCUT2D eigenvalue weighted by atomic mass is 10.1. The number of aromatic nitrogens is 1. The van der Waals surface area contributed by atoms with Crippen LogP contribution in [0.4, 0.5) is 0 Å². The van der Waals surface area contributed by atoms with Crippen LogP contribution < -0.4 is 4.74 Å². The van der Waals surface area contributed by atoms with Crippen LogP contribution in [0.25, 0.3) is 10.1 Å². The second-order valence-corrected chi connectivity index (χ2v) is 8.24. The van der Waals surface area contributed by atoms with Gasteiger partial charge in [0.05, 0.1) is 25.8 Å². The summed E-state index contributed by atoms with van der Waals surface area (Å²) in [5.74, 6) is 0.874. The predicted molar refractivity (Wildman–Crippen MR) is 111 cm³/mol. The maximum atomic E-state index is 12.9. The van der Waals surface area contributed by atoms with E-state index in [1.165, 1.54) is 15.6 Å². The lowest BCUT2D eigenvalue weighted by molar-refractivity contribution is -0.139. The van der Waals surface area contributed by atoms with E-state index in [9.17, 15) is 4.79 Å². The molecule has 146 valence electrons. The zero-order valence-corrected chi connectivity index (χ0v) is 17.0. The van der Waals surface area contributed by atoms with Crippen molar-refractivity contribution in [3.63, 3.8) is 0 Å². The van der Waals surface area contributed by atoms with Gasteiger partial charge >= 0.3 is 0 Å². The summed E-state index contributed by atoms with van der Waals surface area (Å²) in [5.41, 5.74) is 2.17. The van der Waals surface area contributed by atoms with Crippen LogP contribution in [0, 0.1) is 13.8 Å². The Morgan fingerprint density at radius 2 is 2.14 bits per heavy atom. The van der Waals surface area contributed by atoms with E-state index in [0.717, 1.165) is 16.3 Å². The highest BCUT2D eigenvalue weighted by molar-refractivity contribution is 7.19. The topological polar surface area (TPSA) is 51.7 Å². The number of rotatable bonds is 5. The number of benzene rings is 1. The highest BCUT2D eigenvalue weighted by Gasteiger charge is 2.25. The van der Waals surface area contributed by atoms with Crippen molar-refractivity contribution < 1.29 is 14.3 Å². The van der Waals surface area contributed by atoms with Gasteiger partial charge in [-0.2, -0.15) is 0 Å². The fourth-order valence-electron chi connectivity index (χ4n) is 3.42. The molecule has 1 aromatic carbocycles. The number of carbonyl (C=O) groups excluding carboxylic acids is 1. The molecule has 0 spiro atoms. The van der Waals surface area contributed by atoms with Gasteiger partial charge in [-0.1, -0.05) is 18.2 Å². The fourth-order valence-corrected chi connectivity index (χ4v) is 4.62. The summed E-state index contributed by atoms with van der Waals surface area (Å²) in [7, 11) is 0. The van der Waals surface area contributed by atoms with Crippen LogP contribution >= 0.6 is 11.3 Å². The number of aryl methyl sites for hydroxylation is 2. The van der Waals surface area contributed by atoms with Gasteiger partial charge in [-0.3, -0.25) is 9.78 Å². The van der Waals surface area contributed by atoms with Crippen LogP contribution in [-0.2, 0) is 16.0 Å². The summed E-state index contributed by atoms with van der Waals surface area (Å²) in [6.07, 6.45) is 2.04. The van der Waals surface area contributed by atoms with Crippen LogP contribution in [0.3, 0.4) is 0 Å². The first-order valence-corrected chi connectivity index (χ1v) is 10.3. The van der Waals surface area contributed by atoms with Gasteiger partial charge in [0.15, 0.2) is 0 Å². The average Bonchev–Trinajstić information content (AvgIpc) is 3.03. The molecular formula is C22H24N2O3S. The van der Waals surface area contributed by atoms with Crippen LogP contribution in [-0.4, -0.2) is 48.2 Å². The molecule has 0 aliphatic carbocycles. The zero-order valence-electron chi connectivity index (χ0n) is 16.2. The van der Waals surface area contributed by atoms with Crippen molar-refractivity contribution in [2.75, 3.05) is 26.3 Å². The number of hydrogen-bond acceptors (Lipinski definition) is 5. The maximum Gasteiger partial charge on any atom is 0.228 e. The normalized spacial score (nSPS) is 17.1. The van der Waals surface area contributed by atoms with Gasteiger partial charge in [-0.15, -0.1) is 11.3 Å². The Bertz CT molecular complexity index is 968. The second kappa shape index (κ2) is 8.29. The van der Waals surface area contributed by atoms with Crippen LogP contribution in [0.2, 0.25) is 0 Å². The third-order valence-corrected chi connectivity index (χ3v) is 6.34. The van der Waals surface area contributed by atoms with E-state index in [0.29, 0.717) is 32.7 Å². The molecule has 3 aromatic rings. The highest BCUT2D eigenvalue weighted by atomic mass is 32.1. The van der Waals surface area contributed by atoms with Gasteiger partial charge in [-0.25, -0.2) is 0 Å². The summed E-state index contributed by atoms with van der Waals surface area (Å²) in [6, 6.07) is 12.1. The SMILES string of the molecule is Cc1ccc(OCC2CN(C(=O)Cc3sc4ccccc4c3C)CCO2)cn1. The molecule has 0 saturated carbocycles. The first-order chi connectivity index (χ1) is 13.6. The Balaban J connectivity index is 1.36. The number of thiophene rings is 1. The van der Waals surface area contributed by atoms with E-state index in [-0.39, 0.29) is 12.0 Å². The largest absolute Gasteiger partial charge is 0.489 e. The van der Waals surface area contributed by atoms with Gasteiger partial charge in [0.2, 0.25) is 5.91 Å². The number of morpholine rings is 1. The third-order valence-electron chi connectivity index (χ3n) is 5.07. The number of hydrogen-bond donors (Lipinski definition) is 0. The highest BCUT2D eigenvalue weighted by Crippen LogP contribution is 2.31. The Morgan fingerprint density at radius 3 is 2.93 bits per heavy atom. The fraction of sp³-hybridized carbons (Fsp3) is 0.364. The van der Waals surface area contributed by atoms with Gasteiger partial charge in [0, 0.05) is 21.8 Å². The number of amides is 1. The van der Waals surface area contributed by atoms with Crippen molar-refractivity contribution in [3.8, 4) is 5.75 Å². The van der Waals surface area contributed by atoms with Crippen molar-refractivity contribution in [2.24, 2.45) is 0 Å².